The average Bonchev–Trinajstić information content (AvgIpc) is 3.04. The van der Waals surface area contributed by atoms with Gasteiger partial charge in [0.05, 0.1) is 11.7 Å². The highest BCUT2D eigenvalue weighted by Gasteiger charge is 2.28. The lowest BCUT2D eigenvalue weighted by Crippen LogP contribution is -2.41. The molecule has 2 aromatic rings. The van der Waals surface area contributed by atoms with Gasteiger partial charge in [0.1, 0.15) is 5.76 Å². The topological polar surface area (TPSA) is 64.2 Å². The smallest absolute Gasteiger partial charge is 0.276 e. The molecular weight excluding hydrogens is 268 g/mol. The molecule has 21 heavy (non-hydrogen) atoms. The fourth-order valence-corrected chi connectivity index (χ4v) is 2.98. The highest BCUT2D eigenvalue weighted by atomic mass is 16.5. The largest absolute Gasteiger partial charge is 0.361 e. The van der Waals surface area contributed by atoms with E-state index < -0.39 is 0 Å². The summed E-state index contributed by atoms with van der Waals surface area (Å²) in [5, 5.41) is 8.37. The summed E-state index contributed by atoms with van der Waals surface area (Å²) in [5.41, 5.74) is 2.55. The molecule has 2 aromatic heterocycles. The van der Waals surface area contributed by atoms with E-state index in [1.807, 2.05) is 16.5 Å². The molecule has 1 aliphatic rings. The van der Waals surface area contributed by atoms with Crippen LogP contribution in [0.1, 0.15) is 46.5 Å². The Labute approximate surface area is 123 Å². The normalized spacial score (nSPS) is 19.0. The zero-order valence-electron chi connectivity index (χ0n) is 12.7. The molecule has 1 aliphatic heterocycles. The van der Waals surface area contributed by atoms with Gasteiger partial charge in [0.2, 0.25) is 0 Å². The maximum atomic E-state index is 12.5. The molecule has 0 bridgehead atoms. The molecule has 6 nitrogen and oxygen atoms in total. The molecule has 0 spiro atoms. The van der Waals surface area contributed by atoms with E-state index in [0.717, 1.165) is 30.8 Å². The molecule has 0 saturated carbocycles. The number of amides is 1. The van der Waals surface area contributed by atoms with Crippen LogP contribution in [0.2, 0.25) is 0 Å². The number of rotatable bonds is 2. The van der Waals surface area contributed by atoms with E-state index in [0.29, 0.717) is 18.0 Å². The molecule has 3 rings (SSSR count). The number of carbonyl (C=O) groups excluding carboxylic acids is 1. The van der Waals surface area contributed by atoms with E-state index >= 15 is 0 Å². The Morgan fingerprint density at radius 3 is 2.76 bits per heavy atom. The minimum atomic E-state index is -0.0573. The van der Waals surface area contributed by atoms with Crippen molar-refractivity contribution in [3.63, 3.8) is 0 Å². The number of hydrogen-bond donors (Lipinski definition) is 0. The van der Waals surface area contributed by atoms with Crippen molar-refractivity contribution in [2.24, 2.45) is 0 Å². The number of carbonyl (C=O) groups is 1. The first kappa shape index (κ1) is 13.9. The fourth-order valence-electron chi connectivity index (χ4n) is 2.98. The summed E-state index contributed by atoms with van der Waals surface area (Å²) in [6.45, 7) is 7.28. The van der Waals surface area contributed by atoms with E-state index in [4.69, 9.17) is 4.52 Å². The number of piperidine rings is 1. The summed E-state index contributed by atoms with van der Waals surface area (Å²) in [6.07, 6.45) is 2.02. The van der Waals surface area contributed by atoms with Gasteiger partial charge in [-0.05, 0) is 39.7 Å². The minimum Gasteiger partial charge on any atom is -0.361 e. The predicted octanol–water partition coefficient (Wildman–Crippen LogP) is 2.27. The van der Waals surface area contributed by atoms with Crippen LogP contribution in [0.4, 0.5) is 0 Å². The van der Waals surface area contributed by atoms with E-state index in [1.165, 1.54) is 0 Å². The molecule has 1 fully saturated rings. The van der Waals surface area contributed by atoms with E-state index in [-0.39, 0.29) is 11.9 Å². The van der Waals surface area contributed by atoms with Gasteiger partial charge in [-0.25, -0.2) is 0 Å². The molecule has 0 aromatic carbocycles. The molecule has 1 saturated heterocycles. The molecule has 0 radical (unpaired) electrons. The van der Waals surface area contributed by atoms with Crippen molar-refractivity contribution < 1.29 is 9.32 Å². The SMILES string of the molecule is Cc1cc(C)n(C2CCCN(C(=O)c3cc(C)on3)C2)n1. The molecule has 0 N–H and O–H groups in total. The van der Waals surface area contributed by atoms with Crippen molar-refractivity contribution in [1.29, 1.82) is 0 Å². The highest BCUT2D eigenvalue weighted by Crippen LogP contribution is 2.24. The van der Waals surface area contributed by atoms with Gasteiger partial charge < -0.3 is 9.42 Å². The number of nitrogens with zero attached hydrogens (tertiary/aromatic N) is 4. The van der Waals surface area contributed by atoms with Crippen molar-refractivity contribution in [3.8, 4) is 0 Å². The molecule has 0 aliphatic carbocycles. The second kappa shape index (κ2) is 5.35. The fraction of sp³-hybridized carbons (Fsp3) is 0.533. The van der Waals surface area contributed by atoms with E-state index in [1.54, 1.807) is 13.0 Å². The van der Waals surface area contributed by atoms with Crippen LogP contribution in [0.3, 0.4) is 0 Å². The summed E-state index contributed by atoms with van der Waals surface area (Å²) >= 11 is 0. The van der Waals surface area contributed by atoms with Crippen molar-refractivity contribution >= 4 is 5.91 Å². The van der Waals surface area contributed by atoms with Crippen LogP contribution in [-0.2, 0) is 0 Å². The minimum absolute atomic E-state index is 0.0573. The van der Waals surface area contributed by atoms with Crippen LogP contribution in [0.15, 0.2) is 16.7 Å². The predicted molar refractivity (Wildman–Crippen MR) is 77.1 cm³/mol. The summed E-state index contributed by atoms with van der Waals surface area (Å²) in [4.78, 5) is 14.3. The monoisotopic (exact) mass is 288 g/mol. The van der Waals surface area contributed by atoms with Gasteiger partial charge in [-0.3, -0.25) is 9.48 Å². The average molecular weight is 288 g/mol. The number of aromatic nitrogens is 3. The first-order valence-electron chi connectivity index (χ1n) is 7.30. The van der Waals surface area contributed by atoms with Gasteiger partial charge in [-0.1, -0.05) is 5.16 Å². The maximum Gasteiger partial charge on any atom is 0.276 e. The molecular formula is C15H20N4O2. The molecule has 1 amide bonds. The Kier molecular flexibility index (Phi) is 3.53. The summed E-state index contributed by atoms with van der Waals surface area (Å²) in [6, 6.07) is 4.00. The molecule has 1 unspecified atom stereocenters. The first-order valence-corrected chi connectivity index (χ1v) is 7.30. The lowest BCUT2D eigenvalue weighted by molar-refractivity contribution is 0.0661. The Hall–Kier alpha value is -2.11. The Morgan fingerprint density at radius 1 is 1.33 bits per heavy atom. The summed E-state index contributed by atoms with van der Waals surface area (Å²) in [5.74, 6) is 0.600. The van der Waals surface area contributed by atoms with Crippen molar-refractivity contribution in [3.05, 3.63) is 35.0 Å². The van der Waals surface area contributed by atoms with Gasteiger partial charge in [0, 0.05) is 24.8 Å². The number of aryl methyl sites for hydroxylation is 3. The summed E-state index contributed by atoms with van der Waals surface area (Å²) in [7, 11) is 0. The van der Waals surface area contributed by atoms with Gasteiger partial charge in [0.15, 0.2) is 5.69 Å². The van der Waals surface area contributed by atoms with Crippen molar-refractivity contribution in [1.82, 2.24) is 19.8 Å². The third-order valence-corrected chi connectivity index (χ3v) is 3.92. The summed E-state index contributed by atoms with van der Waals surface area (Å²) < 4.78 is 7.04. The number of likely N-dealkylation sites (tertiary alicyclic amines) is 1. The quantitative estimate of drug-likeness (QED) is 0.850. The zero-order valence-corrected chi connectivity index (χ0v) is 12.7. The standard InChI is InChI=1S/C15H20N4O2/c1-10-7-11(2)19(16-10)13-5-4-6-18(9-13)15(20)14-8-12(3)21-17-14/h7-8,13H,4-6,9H2,1-3H3. The molecule has 1 atom stereocenters. The molecule has 112 valence electrons. The van der Waals surface area contributed by atoms with Crippen LogP contribution >= 0.6 is 0 Å². The lowest BCUT2D eigenvalue weighted by atomic mass is 10.1. The van der Waals surface area contributed by atoms with Crippen LogP contribution in [-0.4, -0.2) is 38.8 Å². The van der Waals surface area contributed by atoms with Gasteiger partial charge >= 0.3 is 0 Å². The van der Waals surface area contributed by atoms with E-state index in [9.17, 15) is 4.79 Å². The highest BCUT2D eigenvalue weighted by molar-refractivity contribution is 5.92. The maximum absolute atomic E-state index is 12.5. The van der Waals surface area contributed by atoms with Crippen LogP contribution in [0.25, 0.3) is 0 Å². The van der Waals surface area contributed by atoms with Crippen molar-refractivity contribution in [2.75, 3.05) is 13.1 Å². The molecule has 3 heterocycles. The Balaban J connectivity index is 1.77. The first-order chi connectivity index (χ1) is 10.0. The Morgan fingerprint density at radius 2 is 2.14 bits per heavy atom. The van der Waals surface area contributed by atoms with Gasteiger partial charge in [0.25, 0.3) is 5.91 Å². The van der Waals surface area contributed by atoms with Crippen LogP contribution < -0.4 is 0 Å². The molecule has 6 heteroatoms. The zero-order chi connectivity index (χ0) is 15.0. The van der Waals surface area contributed by atoms with Crippen LogP contribution in [0.5, 0.6) is 0 Å². The Bertz CT molecular complexity index is 658. The van der Waals surface area contributed by atoms with Crippen LogP contribution in [0, 0.1) is 20.8 Å². The third-order valence-electron chi connectivity index (χ3n) is 3.92. The van der Waals surface area contributed by atoms with E-state index in [2.05, 4.69) is 23.2 Å². The second-order valence-corrected chi connectivity index (χ2v) is 5.74. The van der Waals surface area contributed by atoms with Gasteiger partial charge in [-0.2, -0.15) is 5.10 Å². The second-order valence-electron chi connectivity index (χ2n) is 5.74. The number of hydrogen-bond acceptors (Lipinski definition) is 4. The third kappa shape index (κ3) is 2.70. The van der Waals surface area contributed by atoms with Gasteiger partial charge in [-0.15, -0.1) is 0 Å². The lowest BCUT2D eigenvalue weighted by Gasteiger charge is -2.33. The van der Waals surface area contributed by atoms with Crippen molar-refractivity contribution in [2.45, 2.75) is 39.7 Å².